The smallest absolute Gasteiger partial charge is 0.320 e. The van der Waals surface area contributed by atoms with Gasteiger partial charge in [-0.05, 0) is 106 Å². The normalized spacial score (nSPS) is 45.7. The van der Waals surface area contributed by atoms with Gasteiger partial charge in [0.15, 0.2) is 0 Å². The third-order valence-electron chi connectivity index (χ3n) is 9.84. The molecule has 4 unspecified atom stereocenters. The molecule has 0 saturated heterocycles. The number of aliphatic hydroxyl groups is 1. The van der Waals surface area contributed by atoms with Gasteiger partial charge in [-0.15, -0.1) is 0 Å². The Balaban J connectivity index is 1.26. The molecule has 0 aromatic carbocycles. The van der Waals surface area contributed by atoms with E-state index in [9.17, 15) is 18.3 Å². The summed E-state index contributed by atoms with van der Waals surface area (Å²) in [6.45, 7) is 2.26. The van der Waals surface area contributed by atoms with Crippen molar-refractivity contribution in [2.75, 3.05) is 5.75 Å². The molecule has 0 spiro atoms. The predicted molar refractivity (Wildman–Crippen MR) is 125 cm³/mol. The van der Waals surface area contributed by atoms with Crippen LogP contribution < -0.4 is 0 Å². The van der Waals surface area contributed by atoms with Crippen LogP contribution in [0.15, 0.2) is 0 Å². The van der Waals surface area contributed by atoms with Gasteiger partial charge in [0.2, 0.25) is 0 Å². The lowest BCUT2D eigenvalue weighted by Gasteiger charge is -2.56. The van der Waals surface area contributed by atoms with Gasteiger partial charge in [0.1, 0.15) is 11.4 Å². The van der Waals surface area contributed by atoms with Crippen molar-refractivity contribution in [1.82, 2.24) is 0 Å². The van der Waals surface area contributed by atoms with Crippen LogP contribution in [0.1, 0.15) is 77.6 Å². The first-order valence-electron chi connectivity index (χ1n) is 12.5. The van der Waals surface area contributed by atoms with Crippen LogP contribution in [-0.2, 0) is 13.9 Å². The molecular weight excluding hydrogens is 444 g/mol. The van der Waals surface area contributed by atoms with Crippen LogP contribution in [0.3, 0.4) is 0 Å². The second-order valence-electron chi connectivity index (χ2n) is 11.6. The van der Waals surface area contributed by atoms with E-state index in [4.69, 9.17) is 4.55 Å². The topological polar surface area (TPSA) is 91.7 Å². The SMILES string of the molecule is C[C@]12CCC3C(CCC4C[C@@](O)(C#CC5CC5)CC[C@@H]43)C1CC[C@@H]2C(=O)CSS(=O)(=O)O. The molecule has 5 saturated carbocycles. The summed E-state index contributed by atoms with van der Waals surface area (Å²) in [5.41, 5.74) is -0.828. The Kier molecular flexibility index (Phi) is 6.01. The fourth-order valence-electron chi connectivity index (χ4n) is 8.22. The summed E-state index contributed by atoms with van der Waals surface area (Å²) in [6.07, 6.45) is 11.5. The molecule has 0 aromatic rings. The molecular formula is C25H36O5S2. The molecule has 0 aliphatic heterocycles. The zero-order valence-corrected chi connectivity index (χ0v) is 20.6. The van der Waals surface area contributed by atoms with Gasteiger partial charge < -0.3 is 5.11 Å². The first-order chi connectivity index (χ1) is 15.1. The van der Waals surface area contributed by atoms with Gasteiger partial charge in [-0.2, -0.15) is 8.42 Å². The van der Waals surface area contributed by atoms with E-state index in [1.165, 1.54) is 19.3 Å². The molecule has 5 nitrogen and oxygen atoms in total. The highest BCUT2D eigenvalue weighted by atomic mass is 33.1. The minimum absolute atomic E-state index is 0.0123. The lowest BCUT2D eigenvalue weighted by atomic mass is 9.49. The van der Waals surface area contributed by atoms with Crippen molar-refractivity contribution in [2.24, 2.45) is 46.8 Å². The quantitative estimate of drug-likeness (QED) is 0.350. The van der Waals surface area contributed by atoms with Gasteiger partial charge in [-0.1, -0.05) is 18.8 Å². The zero-order valence-electron chi connectivity index (χ0n) is 19.0. The van der Waals surface area contributed by atoms with Crippen LogP contribution in [0, 0.1) is 58.7 Å². The van der Waals surface area contributed by atoms with Crippen molar-refractivity contribution in [3.63, 3.8) is 0 Å². The lowest BCUT2D eigenvalue weighted by Crippen LogP contribution is -2.51. The average molecular weight is 481 g/mol. The molecule has 5 fully saturated rings. The van der Waals surface area contributed by atoms with E-state index in [0.717, 1.165) is 51.4 Å². The molecule has 178 valence electrons. The minimum atomic E-state index is -4.18. The van der Waals surface area contributed by atoms with E-state index in [0.29, 0.717) is 46.3 Å². The van der Waals surface area contributed by atoms with Crippen LogP contribution in [-0.4, -0.2) is 35.2 Å². The summed E-state index contributed by atoms with van der Waals surface area (Å²) in [5.74, 6) is 9.94. The zero-order chi connectivity index (χ0) is 22.7. The Bertz CT molecular complexity index is 932. The number of hydrogen-bond donors (Lipinski definition) is 2. The molecule has 5 rings (SSSR count). The summed E-state index contributed by atoms with van der Waals surface area (Å²) in [5, 5.41) is 11.1. The number of carbonyl (C=O) groups is 1. The van der Waals surface area contributed by atoms with Crippen LogP contribution in [0.4, 0.5) is 0 Å². The molecule has 0 amide bonds. The first-order valence-corrected chi connectivity index (χ1v) is 15.4. The molecule has 8 atom stereocenters. The Hall–Kier alpha value is -0.550. The number of hydrogen-bond acceptors (Lipinski definition) is 5. The Morgan fingerprint density at radius 2 is 1.75 bits per heavy atom. The van der Waals surface area contributed by atoms with E-state index in [1.54, 1.807) is 0 Å². The van der Waals surface area contributed by atoms with E-state index in [2.05, 4.69) is 18.8 Å². The summed E-state index contributed by atoms with van der Waals surface area (Å²) >= 11 is 0. The van der Waals surface area contributed by atoms with E-state index < -0.39 is 14.8 Å². The maximum absolute atomic E-state index is 12.9. The van der Waals surface area contributed by atoms with Gasteiger partial charge in [0, 0.05) is 22.6 Å². The molecule has 5 aliphatic rings. The fourth-order valence-corrected chi connectivity index (χ4v) is 9.48. The Labute approximate surface area is 196 Å². The standard InChI is InChI=1S/C25H36O5S2/c1-24-11-9-19-18-10-13-25(27,12-8-16-2-3-16)14-17(18)4-5-20(19)21(24)6-7-22(24)23(26)15-31-32(28,29)30/h16-22,27H,2-7,9-11,13-15H2,1H3,(H,28,29,30)/t17?,18-,19?,20?,21?,22+,24-,25+/m0/s1. The lowest BCUT2D eigenvalue weighted by molar-refractivity contribution is -0.129. The molecule has 0 aromatic heterocycles. The molecule has 7 heteroatoms. The number of Topliss-reactive ketones (excluding diaryl/α,β-unsaturated/α-hetero) is 1. The van der Waals surface area contributed by atoms with Crippen molar-refractivity contribution in [1.29, 1.82) is 0 Å². The predicted octanol–water partition coefficient (Wildman–Crippen LogP) is 4.50. The second kappa shape index (κ2) is 8.29. The summed E-state index contributed by atoms with van der Waals surface area (Å²) in [7, 11) is -3.82. The van der Waals surface area contributed by atoms with Crippen molar-refractivity contribution in [3.05, 3.63) is 0 Å². The summed E-state index contributed by atoms with van der Waals surface area (Å²) in [6, 6.07) is 0. The minimum Gasteiger partial charge on any atom is -0.378 e. The van der Waals surface area contributed by atoms with Crippen LogP contribution >= 0.6 is 10.8 Å². The van der Waals surface area contributed by atoms with Crippen molar-refractivity contribution in [2.45, 2.75) is 83.2 Å². The molecule has 5 aliphatic carbocycles. The van der Waals surface area contributed by atoms with E-state index in [1.807, 2.05) is 0 Å². The van der Waals surface area contributed by atoms with Gasteiger partial charge in [0.25, 0.3) is 0 Å². The third-order valence-corrected chi connectivity index (χ3v) is 11.8. The van der Waals surface area contributed by atoms with Crippen LogP contribution in [0.2, 0.25) is 0 Å². The van der Waals surface area contributed by atoms with Crippen molar-refractivity contribution >= 4 is 25.7 Å². The highest BCUT2D eigenvalue weighted by Crippen LogP contribution is 2.64. The average Bonchev–Trinajstić information content (AvgIpc) is 3.49. The van der Waals surface area contributed by atoms with Crippen molar-refractivity contribution < 1.29 is 22.9 Å². The molecule has 0 bridgehead atoms. The van der Waals surface area contributed by atoms with Gasteiger partial charge in [-0.3, -0.25) is 9.35 Å². The maximum Gasteiger partial charge on any atom is 0.320 e. The summed E-state index contributed by atoms with van der Waals surface area (Å²) in [4.78, 5) is 12.9. The van der Waals surface area contributed by atoms with Gasteiger partial charge in [0.05, 0.1) is 5.75 Å². The van der Waals surface area contributed by atoms with Crippen LogP contribution in [0.25, 0.3) is 0 Å². The monoisotopic (exact) mass is 480 g/mol. The van der Waals surface area contributed by atoms with Gasteiger partial charge in [-0.25, -0.2) is 0 Å². The molecule has 2 N–H and O–H groups in total. The highest BCUT2D eigenvalue weighted by molar-refractivity contribution is 8.70. The number of fused-ring (bicyclic) bond motifs is 5. The highest BCUT2D eigenvalue weighted by Gasteiger charge is 2.58. The maximum atomic E-state index is 12.9. The largest absolute Gasteiger partial charge is 0.378 e. The first kappa shape index (κ1) is 23.2. The molecule has 32 heavy (non-hydrogen) atoms. The second-order valence-corrected chi connectivity index (χ2v) is 14.9. The van der Waals surface area contributed by atoms with E-state index >= 15 is 0 Å². The van der Waals surface area contributed by atoms with Gasteiger partial charge >= 0.3 is 9.15 Å². The summed E-state index contributed by atoms with van der Waals surface area (Å²) < 4.78 is 31.2. The molecule has 0 radical (unpaired) electrons. The third kappa shape index (κ3) is 4.42. The molecule has 0 heterocycles. The Morgan fingerprint density at radius 3 is 2.47 bits per heavy atom. The fraction of sp³-hybridized carbons (Fsp3) is 0.880. The van der Waals surface area contributed by atoms with Crippen LogP contribution in [0.5, 0.6) is 0 Å². The van der Waals surface area contributed by atoms with E-state index in [-0.39, 0.29) is 22.9 Å². The number of ketones is 1. The Morgan fingerprint density at radius 1 is 1.00 bits per heavy atom. The number of carbonyl (C=O) groups excluding carboxylic acids is 1. The number of rotatable bonds is 4. The van der Waals surface area contributed by atoms with Crippen molar-refractivity contribution in [3.8, 4) is 11.8 Å².